The Morgan fingerprint density at radius 1 is 0.118 bits per heavy atom. The highest BCUT2D eigenvalue weighted by Gasteiger charge is 1.99. The Balaban J connectivity index is -0.0000000118. The molecule has 0 aliphatic carbocycles. The van der Waals surface area contributed by atoms with E-state index in [0.717, 1.165) is 0 Å². The first-order valence-electron chi connectivity index (χ1n) is 33.1. The zero-order chi connectivity index (χ0) is 78.9. The van der Waals surface area contributed by atoms with Gasteiger partial charge in [0.25, 0.3) is 0 Å². The minimum Gasteiger partial charge on any atom is -0.367 e. The molecule has 0 saturated carbocycles. The summed E-state index contributed by atoms with van der Waals surface area (Å²) < 4.78 is 0. The minimum absolute atomic E-state index is 0. The summed E-state index contributed by atoms with van der Waals surface area (Å²) in [4.78, 5) is 13.6. The molecule has 0 aromatic carbocycles. The van der Waals surface area contributed by atoms with E-state index in [-0.39, 0.29) is 104 Å². The standard InChI is InChI=1S/8C4H11NO2.16C2H6.14CH4/c8*1-5(2)3-4(6)7;16*1-2;;;;;;;;;;;;;;/h8*4,6-7H,3H2,1-2H3;16*1-2H3;14*1H4. The zero-order valence-corrected chi connectivity index (χ0v) is 69.0. The van der Waals surface area contributed by atoms with E-state index in [1.165, 1.54) is 0 Å². The van der Waals surface area contributed by atoms with Gasteiger partial charge in [0.15, 0.2) is 50.3 Å². The average Bonchev–Trinajstić information content (AvgIpc) is 3.46. The van der Waals surface area contributed by atoms with E-state index in [0.29, 0.717) is 52.4 Å². The van der Waals surface area contributed by atoms with E-state index in [1.807, 2.05) is 222 Å². The normalized spacial score (nSPS) is 7.06. The summed E-state index contributed by atoms with van der Waals surface area (Å²) in [5, 5.41) is 132. The van der Waals surface area contributed by atoms with Crippen LogP contribution >= 0.6 is 0 Å². The van der Waals surface area contributed by atoms with Gasteiger partial charge >= 0.3 is 0 Å². The van der Waals surface area contributed by atoms with E-state index in [2.05, 4.69) is 0 Å². The van der Waals surface area contributed by atoms with Crippen molar-refractivity contribution in [2.75, 3.05) is 165 Å². The van der Waals surface area contributed by atoms with Crippen LogP contribution in [0.4, 0.5) is 0 Å². The highest BCUT2D eigenvalue weighted by atomic mass is 16.5. The lowest BCUT2D eigenvalue weighted by Gasteiger charge is -2.09. The summed E-state index contributed by atoms with van der Waals surface area (Å²) in [6, 6.07) is 0. The highest BCUT2D eigenvalue weighted by Crippen LogP contribution is 1.81. The number of aliphatic hydroxyl groups excluding tert-OH is 8. The van der Waals surface area contributed by atoms with Crippen LogP contribution in [0.2, 0.25) is 0 Å². The van der Waals surface area contributed by atoms with Crippen molar-refractivity contribution in [2.24, 2.45) is 0 Å². The van der Waals surface area contributed by atoms with Crippen LogP contribution in [0, 0.1) is 0 Å². The van der Waals surface area contributed by atoms with Crippen LogP contribution in [0.3, 0.4) is 0 Å². The number of likely N-dealkylation sites (N-methyl/N-ethyl adjacent to an activating group) is 8. The zero-order valence-electron chi connectivity index (χ0n) is 69.0. The quantitative estimate of drug-likeness (QED) is 0.0638. The molecule has 0 amide bonds. The smallest absolute Gasteiger partial charge is 0.164 e. The molecular formula is C78H240N8O16. The third kappa shape index (κ3) is 988. The van der Waals surface area contributed by atoms with Crippen molar-refractivity contribution < 1.29 is 81.7 Å². The maximum Gasteiger partial charge on any atom is 0.164 e. The Hall–Kier alpha value is -0.960. The molecule has 0 aliphatic rings. The van der Waals surface area contributed by atoms with Crippen LogP contribution in [0.1, 0.15) is 326 Å². The molecule has 0 unspecified atom stereocenters. The molecule has 24 heteroatoms. The van der Waals surface area contributed by atoms with E-state index < -0.39 is 50.3 Å². The predicted molar refractivity (Wildman–Crippen MR) is 490 cm³/mol. The van der Waals surface area contributed by atoms with Crippen molar-refractivity contribution in [1.29, 1.82) is 0 Å². The Bertz CT molecular complexity index is 505. The van der Waals surface area contributed by atoms with Crippen molar-refractivity contribution in [1.82, 2.24) is 39.2 Å². The van der Waals surface area contributed by atoms with Crippen LogP contribution in [-0.4, -0.2) is 336 Å². The number of rotatable bonds is 16. The van der Waals surface area contributed by atoms with Gasteiger partial charge in [-0.1, -0.05) is 326 Å². The minimum atomic E-state index is -1.20. The summed E-state index contributed by atoms with van der Waals surface area (Å²) in [6.45, 7) is 66.4. The van der Waals surface area contributed by atoms with Gasteiger partial charge in [-0.05, 0) is 113 Å². The third-order valence-corrected chi connectivity index (χ3v) is 4.23. The molecule has 0 fully saturated rings. The summed E-state index contributed by atoms with van der Waals surface area (Å²) >= 11 is 0. The lowest BCUT2D eigenvalue weighted by atomic mass is 10.6. The average molecular weight is 1550 g/mol. The van der Waals surface area contributed by atoms with Gasteiger partial charge in [-0.25, -0.2) is 0 Å². The molecule has 0 aliphatic heterocycles. The molecule has 0 radical (unpaired) electrons. The molecule has 0 atom stereocenters. The Morgan fingerprint density at radius 2 is 0.147 bits per heavy atom. The molecule has 102 heavy (non-hydrogen) atoms. The Labute approximate surface area is 659 Å². The number of hydrogen-bond acceptors (Lipinski definition) is 24. The summed E-state index contributed by atoms with van der Waals surface area (Å²) in [7, 11) is 28.4. The summed E-state index contributed by atoms with van der Waals surface area (Å²) in [5.41, 5.74) is 0. The first kappa shape index (κ1) is 254. The molecule has 688 valence electrons. The first-order valence-corrected chi connectivity index (χ1v) is 33.1. The van der Waals surface area contributed by atoms with Crippen molar-refractivity contribution in [2.45, 2.75) is 376 Å². The maximum atomic E-state index is 8.24. The second-order valence-corrected chi connectivity index (χ2v) is 13.9. The van der Waals surface area contributed by atoms with E-state index >= 15 is 0 Å². The third-order valence-electron chi connectivity index (χ3n) is 4.23. The van der Waals surface area contributed by atoms with E-state index in [9.17, 15) is 0 Å². The molecule has 0 rings (SSSR count). The predicted octanol–water partition coefficient (Wildman–Crippen LogP) is 16.2. The van der Waals surface area contributed by atoms with Crippen LogP contribution < -0.4 is 0 Å². The second kappa shape index (κ2) is 324. The Morgan fingerprint density at radius 3 is 0.147 bits per heavy atom. The van der Waals surface area contributed by atoms with Crippen molar-refractivity contribution in [3.63, 3.8) is 0 Å². The summed E-state index contributed by atoms with van der Waals surface area (Å²) in [5.74, 6) is 0. The van der Waals surface area contributed by atoms with Crippen molar-refractivity contribution >= 4 is 0 Å². The van der Waals surface area contributed by atoms with E-state index in [1.54, 1.807) is 152 Å². The highest BCUT2D eigenvalue weighted by molar-refractivity contribution is 4.44. The molecule has 24 nitrogen and oxygen atoms in total. The van der Waals surface area contributed by atoms with Crippen molar-refractivity contribution in [3.05, 3.63) is 0 Å². The van der Waals surface area contributed by atoms with Gasteiger partial charge in [0, 0.05) is 52.4 Å². The molecule has 16 N–H and O–H groups in total. The van der Waals surface area contributed by atoms with Gasteiger partial charge in [0.2, 0.25) is 0 Å². The number of aliphatic hydroxyl groups is 16. The molecule has 0 spiro atoms. The number of hydrogen-bond donors (Lipinski definition) is 16. The fourth-order valence-electron chi connectivity index (χ4n) is 2.61. The Kier molecular flexibility index (Phi) is 808. The molecule has 0 saturated heterocycles. The van der Waals surface area contributed by atoms with Gasteiger partial charge in [-0.15, -0.1) is 0 Å². The van der Waals surface area contributed by atoms with Crippen molar-refractivity contribution in [3.8, 4) is 0 Å². The second-order valence-electron chi connectivity index (χ2n) is 13.9. The lowest BCUT2D eigenvalue weighted by Crippen LogP contribution is -2.24. The SMILES string of the molecule is C.C.C.C.C.C.C.C.C.C.C.C.C.C.CC.CC.CC.CC.CC.CC.CC.CC.CC.CC.CC.CC.CC.CC.CC.CC.CN(C)CC(O)O.CN(C)CC(O)O.CN(C)CC(O)O.CN(C)CC(O)O.CN(C)CC(O)O.CN(C)CC(O)O.CN(C)CC(O)O.CN(C)CC(O)O. The topological polar surface area (TPSA) is 350 Å². The first-order chi connectivity index (χ1) is 41.0. The largest absolute Gasteiger partial charge is 0.367 e. The number of nitrogens with zero attached hydrogens (tertiary/aromatic N) is 8. The van der Waals surface area contributed by atoms with Crippen LogP contribution in [0.5, 0.6) is 0 Å². The lowest BCUT2D eigenvalue weighted by molar-refractivity contribution is -0.0544. The fourth-order valence-corrected chi connectivity index (χ4v) is 2.61. The van der Waals surface area contributed by atoms with Gasteiger partial charge in [-0.2, -0.15) is 0 Å². The van der Waals surface area contributed by atoms with Gasteiger partial charge in [0.1, 0.15) is 0 Å². The molecule has 0 aromatic heterocycles. The molecular weight excluding hydrogens is 1300 g/mol. The monoisotopic (exact) mass is 1550 g/mol. The van der Waals surface area contributed by atoms with Crippen LogP contribution in [0.25, 0.3) is 0 Å². The fraction of sp³-hybridized carbons (Fsp3) is 1.00. The molecule has 0 bridgehead atoms. The van der Waals surface area contributed by atoms with Gasteiger partial charge in [0.05, 0.1) is 0 Å². The van der Waals surface area contributed by atoms with Gasteiger partial charge < -0.3 is 121 Å². The van der Waals surface area contributed by atoms with Crippen LogP contribution in [-0.2, 0) is 0 Å². The van der Waals surface area contributed by atoms with Crippen LogP contribution in [0.15, 0.2) is 0 Å². The molecule has 0 aromatic rings. The van der Waals surface area contributed by atoms with Gasteiger partial charge in [-0.3, -0.25) is 0 Å². The maximum absolute atomic E-state index is 8.24. The summed E-state index contributed by atoms with van der Waals surface area (Å²) in [6.07, 6.45) is -9.59. The molecule has 0 heterocycles. The van der Waals surface area contributed by atoms with E-state index in [4.69, 9.17) is 81.7 Å².